The zero-order valence-corrected chi connectivity index (χ0v) is 18.5. The van der Waals surface area contributed by atoms with Crippen LogP contribution in [0.3, 0.4) is 0 Å². The van der Waals surface area contributed by atoms with Gasteiger partial charge >= 0.3 is 0 Å². The monoisotopic (exact) mass is 534 g/mol. The number of rotatable bonds is 5. The summed E-state index contributed by atoms with van der Waals surface area (Å²) in [6.07, 6.45) is 3.83. The minimum Gasteiger partial charge on any atom is -0.356 e. The Labute approximate surface area is 179 Å². The summed E-state index contributed by atoms with van der Waals surface area (Å²) < 4.78 is 1.12. The van der Waals surface area contributed by atoms with Gasteiger partial charge in [-0.25, -0.2) is 4.98 Å². The number of aromatic nitrogens is 1. The van der Waals surface area contributed by atoms with Crippen LogP contribution in [0.2, 0.25) is 5.15 Å². The van der Waals surface area contributed by atoms with Gasteiger partial charge in [-0.15, -0.1) is 24.0 Å². The molecular weight excluding hydrogens is 514 g/mol. The lowest BCUT2D eigenvalue weighted by Crippen LogP contribution is -2.39. The fourth-order valence-electron chi connectivity index (χ4n) is 2.68. The molecule has 0 amide bonds. The van der Waals surface area contributed by atoms with Crippen LogP contribution in [-0.4, -0.2) is 30.6 Å². The predicted octanol–water partition coefficient (Wildman–Crippen LogP) is 4.38. The Kier molecular flexibility index (Phi) is 7.96. The van der Waals surface area contributed by atoms with E-state index in [1.807, 2.05) is 18.3 Å². The van der Waals surface area contributed by atoms with Crippen molar-refractivity contribution in [1.82, 2.24) is 15.6 Å². The number of hydrogen-bond donors (Lipinski definition) is 2. The van der Waals surface area contributed by atoms with Crippen LogP contribution < -0.4 is 10.6 Å². The van der Waals surface area contributed by atoms with Crippen LogP contribution >= 0.6 is 51.5 Å². The number of halogens is 3. The van der Waals surface area contributed by atoms with Gasteiger partial charge in [-0.05, 0) is 42.2 Å². The molecule has 2 unspecified atom stereocenters. The first-order valence-electron chi connectivity index (χ1n) is 7.99. The maximum Gasteiger partial charge on any atom is 0.191 e. The van der Waals surface area contributed by atoms with Gasteiger partial charge < -0.3 is 10.6 Å². The van der Waals surface area contributed by atoms with Crippen LogP contribution in [0, 0.1) is 0 Å². The van der Waals surface area contributed by atoms with Crippen molar-refractivity contribution in [2.24, 2.45) is 4.99 Å². The van der Waals surface area contributed by atoms with Crippen molar-refractivity contribution >= 4 is 57.5 Å². The predicted molar refractivity (Wildman–Crippen MR) is 118 cm³/mol. The minimum absolute atomic E-state index is 0. The van der Waals surface area contributed by atoms with Crippen LogP contribution in [-0.2, 0) is 6.42 Å². The van der Waals surface area contributed by atoms with Crippen molar-refractivity contribution in [2.75, 3.05) is 13.6 Å². The normalized spacial score (nSPS) is 19.1. The van der Waals surface area contributed by atoms with Crippen molar-refractivity contribution in [1.29, 1.82) is 0 Å². The Morgan fingerprint density at radius 2 is 2.04 bits per heavy atom. The summed E-state index contributed by atoms with van der Waals surface area (Å²) in [5, 5.41) is 7.37. The summed E-state index contributed by atoms with van der Waals surface area (Å²) >= 11 is 9.27. The maximum atomic E-state index is 5.80. The molecule has 4 nitrogen and oxygen atoms in total. The van der Waals surface area contributed by atoms with E-state index in [0.717, 1.165) is 35.4 Å². The number of nitrogens with zero attached hydrogens (tertiary/aromatic N) is 2. The number of pyridine rings is 1. The summed E-state index contributed by atoms with van der Waals surface area (Å²) in [7, 11) is 1.80. The molecule has 2 N–H and O–H groups in total. The highest BCUT2D eigenvalue weighted by Gasteiger charge is 2.38. The van der Waals surface area contributed by atoms with Gasteiger partial charge in [0, 0.05) is 36.2 Å². The van der Waals surface area contributed by atoms with Crippen molar-refractivity contribution in [3.05, 3.63) is 63.3 Å². The number of hydrogen-bond acceptors (Lipinski definition) is 2. The highest BCUT2D eigenvalue weighted by molar-refractivity contribution is 14.0. The Bertz CT molecular complexity index is 706. The van der Waals surface area contributed by atoms with E-state index in [0.29, 0.717) is 17.1 Å². The molecule has 7 heteroatoms. The van der Waals surface area contributed by atoms with Crippen molar-refractivity contribution < 1.29 is 0 Å². The fraction of sp³-hybridized carbons (Fsp3) is 0.333. The van der Waals surface area contributed by atoms with Gasteiger partial charge in [-0.1, -0.05) is 45.7 Å². The number of aliphatic imine (C=N–C) groups is 1. The van der Waals surface area contributed by atoms with Gasteiger partial charge in [0.2, 0.25) is 0 Å². The molecule has 1 aromatic carbocycles. The molecule has 0 bridgehead atoms. The van der Waals surface area contributed by atoms with Gasteiger partial charge in [-0.3, -0.25) is 4.99 Å². The third-order valence-electron chi connectivity index (χ3n) is 4.13. The van der Waals surface area contributed by atoms with Gasteiger partial charge in [0.1, 0.15) is 5.15 Å². The zero-order chi connectivity index (χ0) is 16.9. The second-order valence-electron chi connectivity index (χ2n) is 5.88. The second-order valence-corrected chi connectivity index (χ2v) is 7.19. The molecule has 1 heterocycles. The minimum atomic E-state index is 0. The molecule has 1 fully saturated rings. The molecule has 134 valence electrons. The number of guanidine groups is 1. The fourth-order valence-corrected chi connectivity index (χ4v) is 3.06. The van der Waals surface area contributed by atoms with Gasteiger partial charge in [0.25, 0.3) is 0 Å². The van der Waals surface area contributed by atoms with Crippen LogP contribution in [0.25, 0.3) is 0 Å². The third kappa shape index (κ3) is 6.11. The molecular formula is C18H21BrClIN4. The highest BCUT2D eigenvalue weighted by Crippen LogP contribution is 2.40. The van der Waals surface area contributed by atoms with E-state index in [4.69, 9.17) is 11.6 Å². The summed E-state index contributed by atoms with van der Waals surface area (Å²) in [5.41, 5.74) is 2.53. The van der Waals surface area contributed by atoms with E-state index in [1.54, 1.807) is 7.05 Å². The molecule has 1 aliphatic rings. The molecule has 2 atom stereocenters. The molecule has 0 radical (unpaired) electrons. The van der Waals surface area contributed by atoms with Crippen LogP contribution in [0.1, 0.15) is 23.5 Å². The maximum absolute atomic E-state index is 5.80. The first-order valence-corrected chi connectivity index (χ1v) is 9.16. The Morgan fingerprint density at radius 1 is 1.28 bits per heavy atom. The molecule has 2 aromatic rings. The smallest absolute Gasteiger partial charge is 0.191 e. The largest absolute Gasteiger partial charge is 0.356 e. The standard InChI is InChI=1S/C18H20BrClN4.HI/c1-21-18(22-9-8-12-2-7-17(20)23-11-12)24-16-10-15(16)13-3-5-14(19)6-4-13;/h2-7,11,15-16H,8-10H2,1H3,(H2,21,22,24);1H. The Hall–Kier alpha value is -0.860. The molecule has 0 aliphatic heterocycles. The van der Waals surface area contributed by atoms with Gasteiger partial charge in [0.05, 0.1) is 0 Å². The SMILES string of the molecule is CN=C(NCCc1ccc(Cl)nc1)NC1CC1c1ccc(Br)cc1.I. The molecule has 1 saturated carbocycles. The molecule has 0 spiro atoms. The zero-order valence-electron chi connectivity index (χ0n) is 13.9. The lowest BCUT2D eigenvalue weighted by Gasteiger charge is -2.12. The summed E-state index contributed by atoms with van der Waals surface area (Å²) in [6, 6.07) is 12.8. The third-order valence-corrected chi connectivity index (χ3v) is 4.88. The Morgan fingerprint density at radius 3 is 2.68 bits per heavy atom. The van der Waals surface area contributed by atoms with Crippen LogP contribution in [0.15, 0.2) is 52.1 Å². The van der Waals surface area contributed by atoms with Gasteiger partial charge in [0.15, 0.2) is 5.96 Å². The van der Waals surface area contributed by atoms with Crippen molar-refractivity contribution in [3.63, 3.8) is 0 Å². The lowest BCUT2D eigenvalue weighted by molar-refractivity contribution is 0.778. The van der Waals surface area contributed by atoms with E-state index in [2.05, 4.69) is 60.8 Å². The van der Waals surface area contributed by atoms with Crippen LogP contribution in [0.4, 0.5) is 0 Å². The quantitative estimate of drug-likeness (QED) is 0.259. The Balaban J connectivity index is 0.00000225. The first-order chi connectivity index (χ1) is 11.7. The molecule has 1 aromatic heterocycles. The number of benzene rings is 1. The first kappa shape index (κ1) is 20.5. The van der Waals surface area contributed by atoms with Gasteiger partial charge in [-0.2, -0.15) is 0 Å². The average molecular weight is 536 g/mol. The molecule has 1 aliphatic carbocycles. The van der Waals surface area contributed by atoms with E-state index in [9.17, 15) is 0 Å². The van der Waals surface area contributed by atoms with Crippen molar-refractivity contribution in [2.45, 2.75) is 24.8 Å². The number of nitrogens with one attached hydrogen (secondary N) is 2. The highest BCUT2D eigenvalue weighted by atomic mass is 127. The summed E-state index contributed by atoms with van der Waals surface area (Å²) in [6.45, 7) is 0.804. The molecule has 3 rings (SSSR count). The van der Waals surface area contributed by atoms with E-state index >= 15 is 0 Å². The lowest BCUT2D eigenvalue weighted by atomic mass is 10.1. The van der Waals surface area contributed by atoms with Crippen molar-refractivity contribution in [3.8, 4) is 0 Å². The molecule has 25 heavy (non-hydrogen) atoms. The summed E-state index contributed by atoms with van der Waals surface area (Å²) in [5.74, 6) is 1.42. The molecule has 0 saturated heterocycles. The van der Waals surface area contributed by atoms with E-state index < -0.39 is 0 Å². The topological polar surface area (TPSA) is 49.3 Å². The summed E-state index contributed by atoms with van der Waals surface area (Å²) in [4.78, 5) is 8.40. The second kappa shape index (κ2) is 9.73. The van der Waals surface area contributed by atoms with Crippen LogP contribution in [0.5, 0.6) is 0 Å². The average Bonchev–Trinajstić information content (AvgIpc) is 3.35. The van der Waals surface area contributed by atoms with E-state index in [1.165, 1.54) is 5.56 Å². The van der Waals surface area contributed by atoms with E-state index in [-0.39, 0.29) is 24.0 Å².